The van der Waals surface area contributed by atoms with E-state index >= 15 is 0 Å². The van der Waals surface area contributed by atoms with Gasteiger partial charge in [0.15, 0.2) is 6.61 Å². The molecule has 1 amide bonds. The molecular weight excluding hydrogens is 456 g/mol. The number of carbonyl (C=O) groups excluding carboxylic acids is 1. The Morgan fingerprint density at radius 2 is 1.97 bits per heavy atom. The average Bonchev–Trinajstić information content (AvgIpc) is 3.46. The Hall–Kier alpha value is -2.95. The number of aryl methyl sites for hydroxylation is 1. The highest BCUT2D eigenvalue weighted by molar-refractivity contribution is 7.89. The van der Waals surface area contributed by atoms with Crippen molar-refractivity contribution in [3.05, 3.63) is 64.8 Å². The zero-order valence-electron chi connectivity index (χ0n) is 17.2. The minimum Gasteiger partial charge on any atom is -0.485 e. The van der Waals surface area contributed by atoms with Crippen LogP contribution < -0.4 is 10.1 Å². The third-order valence-electron chi connectivity index (χ3n) is 4.93. The molecule has 11 heteroatoms. The van der Waals surface area contributed by atoms with Crippen LogP contribution in [0.25, 0.3) is 0 Å². The fourth-order valence-electron chi connectivity index (χ4n) is 3.37. The van der Waals surface area contributed by atoms with Gasteiger partial charge in [-0.05, 0) is 43.2 Å². The van der Waals surface area contributed by atoms with Crippen molar-refractivity contribution in [1.82, 2.24) is 14.4 Å². The summed E-state index contributed by atoms with van der Waals surface area (Å²) in [6.07, 6.45) is 1.63. The van der Waals surface area contributed by atoms with E-state index in [0.29, 0.717) is 36.2 Å². The predicted molar refractivity (Wildman–Crippen MR) is 117 cm³/mol. The first-order chi connectivity index (χ1) is 15.3. The molecule has 0 unspecified atom stereocenters. The molecule has 1 aliphatic heterocycles. The number of nitrogens with one attached hydrogen (secondary N) is 1. The summed E-state index contributed by atoms with van der Waals surface area (Å²) in [6.45, 7) is 2.61. The van der Waals surface area contributed by atoms with Gasteiger partial charge in [-0.3, -0.25) is 4.79 Å². The number of amides is 1. The first-order valence-corrected chi connectivity index (χ1v) is 11.8. The smallest absolute Gasteiger partial charge is 0.259 e. The van der Waals surface area contributed by atoms with E-state index in [1.807, 2.05) is 0 Å². The van der Waals surface area contributed by atoms with E-state index in [2.05, 4.69) is 15.5 Å². The van der Waals surface area contributed by atoms with Crippen molar-refractivity contribution in [2.24, 2.45) is 0 Å². The average molecular weight is 477 g/mol. The monoisotopic (exact) mass is 476 g/mol. The summed E-state index contributed by atoms with van der Waals surface area (Å²) in [5, 5.41) is 6.59. The highest BCUT2D eigenvalue weighted by Gasteiger charge is 2.29. The van der Waals surface area contributed by atoms with Gasteiger partial charge in [0.2, 0.25) is 21.7 Å². The summed E-state index contributed by atoms with van der Waals surface area (Å²) in [7, 11) is -3.74. The zero-order chi connectivity index (χ0) is 22.7. The van der Waals surface area contributed by atoms with E-state index in [4.69, 9.17) is 20.9 Å². The first-order valence-electron chi connectivity index (χ1n) is 9.96. The number of carbonyl (C=O) groups is 1. The van der Waals surface area contributed by atoms with Gasteiger partial charge in [-0.2, -0.15) is 9.29 Å². The van der Waals surface area contributed by atoms with Crippen LogP contribution in [0.15, 0.2) is 51.9 Å². The SMILES string of the molecule is Cc1nc(COc2ccccc2C(=O)Nc2ccc(Cl)c(S(=O)(=O)N3CCCC3)c2)no1. The van der Waals surface area contributed by atoms with E-state index < -0.39 is 15.9 Å². The lowest BCUT2D eigenvalue weighted by molar-refractivity contribution is 0.102. The Morgan fingerprint density at radius 1 is 1.22 bits per heavy atom. The Morgan fingerprint density at radius 3 is 2.69 bits per heavy atom. The molecule has 32 heavy (non-hydrogen) atoms. The summed E-state index contributed by atoms with van der Waals surface area (Å²) in [6, 6.07) is 11.1. The van der Waals surface area contributed by atoms with Crippen LogP contribution in [0.3, 0.4) is 0 Å². The van der Waals surface area contributed by atoms with Crippen molar-refractivity contribution in [2.45, 2.75) is 31.3 Å². The van der Waals surface area contributed by atoms with Crippen LogP contribution in [-0.2, 0) is 16.6 Å². The highest BCUT2D eigenvalue weighted by Crippen LogP contribution is 2.30. The van der Waals surface area contributed by atoms with E-state index in [1.54, 1.807) is 37.3 Å². The minimum atomic E-state index is -3.74. The van der Waals surface area contributed by atoms with E-state index in [-0.39, 0.29) is 22.1 Å². The van der Waals surface area contributed by atoms with Crippen LogP contribution in [0.4, 0.5) is 5.69 Å². The number of nitrogens with zero attached hydrogens (tertiary/aromatic N) is 3. The molecule has 9 nitrogen and oxygen atoms in total. The minimum absolute atomic E-state index is 0.0286. The van der Waals surface area contributed by atoms with E-state index in [9.17, 15) is 13.2 Å². The number of sulfonamides is 1. The first kappa shape index (κ1) is 22.3. The number of para-hydroxylation sites is 1. The molecule has 3 aromatic rings. The molecule has 1 N–H and O–H groups in total. The van der Waals surface area contributed by atoms with Crippen molar-refractivity contribution in [1.29, 1.82) is 0 Å². The summed E-state index contributed by atoms with van der Waals surface area (Å²) >= 11 is 6.18. The molecule has 1 saturated heterocycles. The maximum Gasteiger partial charge on any atom is 0.259 e. The Kier molecular flexibility index (Phi) is 6.45. The van der Waals surface area contributed by atoms with Gasteiger partial charge in [-0.25, -0.2) is 8.42 Å². The molecule has 0 bridgehead atoms. The lowest BCUT2D eigenvalue weighted by Gasteiger charge is -2.17. The van der Waals surface area contributed by atoms with Crippen LogP contribution in [0.2, 0.25) is 5.02 Å². The molecule has 168 valence electrons. The molecule has 0 aliphatic carbocycles. The Bertz CT molecular complexity index is 1240. The van der Waals surface area contributed by atoms with Crippen molar-refractivity contribution in [3.8, 4) is 5.75 Å². The largest absolute Gasteiger partial charge is 0.485 e. The van der Waals surface area contributed by atoms with Crippen molar-refractivity contribution in [2.75, 3.05) is 18.4 Å². The lowest BCUT2D eigenvalue weighted by atomic mass is 10.2. The van der Waals surface area contributed by atoms with Gasteiger partial charge in [0.05, 0.1) is 10.6 Å². The number of benzene rings is 2. The van der Waals surface area contributed by atoms with Gasteiger partial charge in [-0.15, -0.1) is 0 Å². The second-order valence-corrected chi connectivity index (χ2v) is 9.54. The molecule has 0 saturated carbocycles. The van der Waals surface area contributed by atoms with Gasteiger partial charge in [0.25, 0.3) is 5.91 Å². The Balaban J connectivity index is 1.53. The molecule has 0 radical (unpaired) electrons. The van der Waals surface area contributed by atoms with Gasteiger partial charge in [-0.1, -0.05) is 28.9 Å². The molecule has 0 atom stereocenters. The van der Waals surface area contributed by atoms with Crippen molar-refractivity contribution >= 4 is 33.2 Å². The van der Waals surface area contributed by atoms with Crippen molar-refractivity contribution < 1.29 is 22.5 Å². The summed E-state index contributed by atoms with van der Waals surface area (Å²) in [5.41, 5.74) is 0.576. The summed E-state index contributed by atoms with van der Waals surface area (Å²) in [5.74, 6) is 0.632. The fourth-order valence-corrected chi connectivity index (χ4v) is 5.38. The molecule has 1 aromatic heterocycles. The van der Waals surface area contributed by atoms with Crippen molar-refractivity contribution in [3.63, 3.8) is 0 Å². The van der Waals surface area contributed by atoms with Gasteiger partial charge >= 0.3 is 0 Å². The van der Waals surface area contributed by atoms with Gasteiger partial charge in [0.1, 0.15) is 10.6 Å². The molecule has 4 rings (SSSR count). The normalized spacial score (nSPS) is 14.4. The zero-order valence-corrected chi connectivity index (χ0v) is 18.8. The summed E-state index contributed by atoms with van der Waals surface area (Å²) in [4.78, 5) is 17.0. The number of hydrogen-bond acceptors (Lipinski definition) is 7. The number of hydrogen-bond donors (Lipinski definition) is 1. The second kappa shape index (κ2) is 9.27. The van der Waals surface area contributed by atoms with Gasteiger partial charge in [0, 0.05) is 25.7 Å². The molecule has 2 aromatic carbocycles. The van der Waals surface area contributed by atoms with Crippen LogP contribution in [-0.4, -0.2) is 41.9 Å². The third-order valence-corrected chi connectivity index (χ3v) is 7.31. The maximum atomic E-state index is 12.9. The third kappa shape index (κ3) is 4.77. The van der Waals surface area contributed by atoms with Crippen LogP contribution in [0, 0.1) is 6.92 Å². The second-order valence-electron chi connectivity index (χ2n) is 7.22. The molecule has 0 spiro atoms. The molecule has 2 heterocycles. The molecule has 1 fully saturated rings. The topological polar surface area (TPSA) is 115 Å². The maximum absolute atomic E-state index is 12.9. The Labute approximate surface area is 190 Å². The predicted octanol–water partition coefficient (Wildman–Crippen LogP) is 3.65. The lowest BCUT2D eigenvalue weighted by Crippen LogP contribution is -2.28. The van der Waals surface area contributed by atoms with Crippen LogP contribution in [0.1, 0.15) is 34.9 Å². The van der Waals surface area contributed by atoms with E-state index in [0.717, 1.165) is 12.8 Å². The number of ether oxygens (including phenoxy) is 1. The molecular formula is C21H21ClN4O5S. The van der Waals surface area contributed by atoms with Crippen LogP contribution in [0.5, 0.6) is 5.75 Å². The number of anilines is 1. The standard InChI is InChI=1S/C21H21ClN4O5S/c1-14-23-20(25-31-14)13-30-18-7-3-2-6-16(18)21(27)24-15-8-9-17(22)19(12-15)32(28,29)26-10-4-5-11-26/h2-3,6-9,12H,4-5,10-11,13H2,1H3,(H,24,27). The number of rotatable bonds is 7. The number of halogens is 1. The molecule has 1 aliphatic rings. The fraction of sp³-hybridized carbons (Fsp3) is 0.286. The summed E-state index contributed by atoms with van der Waals surface area (Å²) < 4.78 is 37.9. The quantitative estimate of drug-likeness (QED) is 0.553. The highest BCUT2D eigenvalue weighted by atomic mass is 35.5. The van der Waals surface area contributed by atoms with E-state index in [1.165, 1.54) is 16.4 Å². The van der Waals surface area contributed by atoms with Gasteiger partial charge < -0.3 is 14.6 Å². The number of aromatic nitrogens is 2. The van der Waals surface area contributed by atoms with Crippen LogP contribution >= 0.6 is 11.6 Å².